The molecule has 0 fully saturated rings. The fourth-order valence-corrected chi connectivity index (χ4v) is 4.41. The Morgan fingerprint density at radius 1 is 0.577 bits per heavy atom. The number of halogens is 1. The van der Waals surface area contributed by atoms with E-state index in [1.54, 1.807) is 0 Å². The van der Waals surface area contributed by atoms with Gasteiger partial charge in [-0.1, -0.05) is 78.3 Å². The van der Waals surface area contributed by atoms with Gasteiger partial charge in [-0.15, -0.1) is 0 Å². The van der Waals surface area contributed by atoms with Crippen LogP contribution in [-0.2, 0) is 0 Å². The first-order valence-corrected chi connectivity index (χ1v) is 9.80. The van der Waals surface area contributed by atoms with Crippen molar-refractivity contribution in [1.29, 1.82) is 0 Å². The van der Waals surface area contributed by atoms with Gasteiger partial charge in [0.05, 0.1) is 10.3 Å². The molecule has 0 spiro atoms. The van der Waals surface area contributed by atoms with E-state index in [4.69, 9.17) is 20.6 Å². The van der Waals surface area contributed by atoms with Crippen molar-refractivity contribution in [3.05, 3.63) is 102 Å². The first-order valence-electron chi connectivity index (χ1n) is 8.25. The number of benzene rings is 4. The van der Waals surface area contributed by atoms with Gasteiger partial charge in [-0.2, -0.15) is 0 Å². The van der Waals surface area contributed by atoms with Crippen molar-refractivity contribution in [3.63, 3.8) is 0 Å². The van der Waals surface area contributed by atoms with Gasteiger partial charge in [0.2, 0.25) is 0 Å². The molecule has 0 amide bonds. The normalized spacial score (nSPS) is 10.8. The van der Waals surface area contributed by atoms with E-state index >= 15 is 0 Å². The maximum atomic E-state index is 6.72. The maximum absolute atomic E-state index is 6.72. The molecule has 26 heavy (non-hydrogen) atoms. The molecule has 0 aromatic heterocycles. The molecule has 0 aliphatic carbocycles. The highest BCUT2D eigenvalue weighted by Gasteiger charge is 2.22. The van der Waals surface area contributed by atoms with Crippen molar-refractivity contribution in [2.24, 2.45) is 0 Å². The van der Waals surface area contributed by atoms with Gasteiger partial charge in [0.15, 0.2) is 0 Å². The molecule has 0 N–H and O–H groups in total. The lowest BCUT2D eigenvalue weighted by Crippen LogP contribution is -2.11. The molecule has 2 nitrogen and oxygen atoms in total. The molecule has 0 aliphatic heterocycles. The van der Waals surface area contributed by atoms with Crippen LogP contribution >= 0.6 is 20.0 Å². The number of hydrogen-bond acceptors (Lipinski definition) is 2. The lowest BCUT2D eigenvalue weighted by molar-refractivity contribution is 0.502. The second-order valence-corrected chi connectivity index (χ2v) is 7.42. The summed E-state index contributed by atoms with van der Waals surface area (Å²) in [7, 11) is -1.43. The summed E-state index contributed by atoms with van der Waals surface area (Å²) < 4.78 is 12.4. The third-order valence-corrected chi connectivity index (χ3v) is 5.96. The molecule has 4 heteroatoms. The first kappa shape index (κ1) is 16.9. The molecule has 4 aromatic carbocycles. The van der Waals surface area contributed by atoms with Crippen LogP contribution in [-0.4, -0.2) is 0 Å². The monoisotopic (exact) mass is 378 g/mol. The third-order valence-electron chi connectivity index (χ3n) is 3.90. The van der Waals surface area contributed by atoms with E-state index in [0.717, 1.165) is 27.6 Å². The molecule has 128 valence electrons. The van der Waals surface area contributed by atoms with E-state index in [0.29, 0.717) is 5.02 Å². The third kappa shape index (κ3) is 3.67. The Morgan fingerprint density at radius 2 is 1.12 bits per heavy atom. The lowest BCUT2D eigenvalue weighted by Gasteiger charge is -2.20. The van der Waals surface area contributed by atoms with Crippen LogP contribution in [0.15, 0.2) is 97.1 Å². The SMILES string of the molecule is Clc1c(P(Oc2ccccc2)Oc2ccccc2)ccc2ccccc12. The Bertz CT molecular complexity index is 965. The van der Waals surface area contributed by atoms with Crippen LogP contribution in [0.4, 0.5) is 0 Å². The number of para-hydroxylation sites is 2. The largest absolute Gasteiger partial charge is 0.435 e. The van der Waals surface area contributed by atoms with Gasteiger partial charge in [-0.3, -0.25) is 0 Å². The van der Waals surface area contributed by atoms with Crippen LogP contribution in [0.25, 0.3) is 10.8 Å². The van der Waals surface area contributed by atoms with Crippen LogP contribution in [0.3, 0.4) is 0 Å². The minimum absolute atomic E-state index is 0.668. The van der Waals surface area contributed by atoms with Crippen LogP contribution < -0.4 is 14.4 Å². The van der Waals surface area contributed by atoms with Gasteiger partial charge < -0.3 is 9.05 Å². The Labute approximate surface area is 158 Å². The zero-order valence-corrected chi connectivity index (χ0v) is 15.5. The number of rotatable bonds is 5. The average Bonchev–Trinajstić information content (AvgIpc) is 2.70. The second-order valence-electron chi connectivity index (χ2n) is 5.69. The summed E-state index contributed by atoms with van der Waals surface area (Å²) in [5.74, 6) is 1.50. The van der Waals surface area contributed by atoms with E-state index in [1.807, 2.05) is 91.0 Å². The molecule has 0 bridgehead atoms. The molecule has 0 unspecified atom stereocenters. The van der Waals surface area contributed by atoms with Gasteiger partial charge in [0.1, 0.15) is 11.5 Å². The summed E-state index contributed by atoms with van der Waals surface area (Å²) in [4.78, 5) is 0. The molecule has 0 heterocycles. The zero-order chi connectivity index (χ0) is 17.8. The molecular weight excluding hydrogens is 363 g/mol. The molecule has 4 rings (SSSR count). The summed E-state index contributed by atoms with van der Waals surface area (Å²) in [6.45, 7) is 0. The number of hydrogen-bond donors (Lipinski definition) is 0. The molecule has 0 radical (unpaired) electrons. The molecule has 0 aliphatic rings. The Morgan fingerprint density at radius 3 is 1.73 bits per heavy atom. The number of fused-ring (bicyclic) bond motifs is 1. The van der Waals surface area contributed by atoms with Crippen LogP contribution in [0.2, 0.25) is 5.02 Å². The molecule has 0 saturated heterocycles. The van der Waals surface area contributed by atoms with Crippen LogP contribution in [0, 0.1) is 0 Å². The predicted molar refractivity (Wildman–Crippen MR) is 110 cm³/mol. The van der Waals surface area contributed by atoms with Crippen LogP contribution in [0.5, 0.6) is 11.5 Å². The topological polar surface area (TPSA) is 18.5 Å². The van der Waals surface area contributed by atoms with Gasteiger partial charge in [0.25, 0.3) is 0 Å². The van der Waals surface area contributed by atoms with Crippen LogP contribution in [0.1, 0.15) is 0 Å². The summed E-state index contributed by atoms with van der Waals surface area (Å²) in [5, 5.41) is 3.61. The first-order chi connectivity index (χ1) is 12.8. The van der Waals surface area contributed by atoms with E-state index in [1.165, 1.54) is 0 Å². The summed E-state index contributed by atoms with van der Waals surface area (Å²) in [6.07, 6.45) is 0. The van der Waals surface area contributed by atoms with E-state index in [9.17, 15) is 0 Å². The van der Waals surface area contributed by atoms with Gasteiger partial charge in [0, 0.05) is 5.39 Å². The standard InChI is InChI=1S/C22H16ClO2P/c23-22-20-14-8-7-9-17(20)15-16-21(22)26(24-18-10-3-1-4-11-18)25-19-12-5-2-6-13-19/h1-16H. The smallest absolute Gasteiger partial charge is 0.327 e. The fourth-order valence-electron chi connectivity index (χ4n) is 2.63. The minimum atomic E-state index is -1.43. The highest BCUT2D eigenvalue weighted by molar-refractivity contribution is 7.57. The molecule has 0 saturated carbocycles. The highest BCUT2D eigenvalue weighted by atomic mass is 35.5. The van der Waals surface area contributed by atoms with Gasteiger partial charge >= 0.3 is 8.38 Å². The van der Waals surface area contributed by atoms with Crippen molar-refractivity contribution >= 4 is 36.1 Å². The zero-order valence-electron chi connectivity index (χ0n) is 13.9. The van der Waals surface area contributed by atoms with Crippen molar-refractivity contribution in [2.45, 2.75) is 0 Å². The lowest BCUT2D eigenvalue weighted by atomic mass is 10.1. The van der Waals surface area contributed by atoms with E-state index in [-0.39, 0.29) is 0 Å². The van der Waals surface area contributed by atoms with Crippen molar-refractivity contribution < 1.29 is 9.05 Å². The molecule has 0 atom stereocenters. The van der Waals surface area contributed by atoms with Crippen molar-refractivity contribution in [1.82, 2.24) is 0 Å². The predicted octanol–water partition coefficient (Wildman–Crippen LogP) is 6.59. The fraction of sp³-hybridized carbons (Fsp3) is 0. The summed E-state index contributed by atoms with van der Waals surface area (Å²) in [5.41, 5.74) is 0. The minimum Gasteiger partial charge on any atom is -0.435 e. The van der Waals surface area contributed by atoms with E-state index < -0.39 is 8.38 Å². The average molecular weight is 379 g/mol. The molecule has 4 aromatic rings. The Kier molecular flexibility index (Phi) is 5.06. The summed E-state index contributed by atoms with van der Waals surface area (Å²) >= 11 is 6.72. The van der Waals surface area contributed by atoms with E-state index in [2.05, 4.69) is 6.07 Å². The molecular formula is C22H16ClO2P. The Hall–Kier alpha value is -2.54. The van der Waals surface area contributed by atoms with Gasteiger partial charge in [-0.25, -0.2) is 0 Å². The quantitative estimate of drug-likeness (QED) is 0.365. The highest BCUT2D eigenvalue weighted by Crippen LogP contribution is 2.42. The second kappa shape index (κ2) is 7.78. The summed E-state index contributed by atoms with van der Waals surface area (Å²) in [6, 6.07) is 31.4. The maximum Gasteiger partial charge on any atom is 0.327 e. The van der Waals surface area contributed by atoms with Gasteiger partial charge in [-0.05, 0) is 35.7 Å². The van der Waals surface area contributed by atoms with Crippen molar-refractivity contribution in [2.75, 3.05) is 0 Å². The Balaban J connectivity index is 1.75. The van der Waals surface area contributed by atoms with Crippen molar-refractivity contribution in [3.8, 4) is 11.5 Å².